The van der Waals surface area contributed by atoms with Gasteiger partial charge >= 0.3 is 0 Å². The molecule has 2 aromatic carbocycles. The number of Topliss-reactive ketones (excluding diaryl/α,β-unsaturated/α-hetero) is 1. The van der Waals surface area contributed by atoms with Crippen molar-refractivity contribution in [3.05, 3.63) is 70.3 Å². The molecule has 0 saturated carbocycles. The van der Waals surface area contributed by atoms with Gasteiger partial charge in [-0.1, -0.05) is 56.3 Å². The molecule has 1 saturated heterocycles. The molecule has 34 heavy (non-hydrogen) atoms. The van der Waals surface area contributed by atoms with Crippen LogP contribution in [-0.4, -0.2) is 38.7 Å². The molecule has 6 nitrogen and oxygen atoms in total. The number of hydrogen-bond acceptors (Lipinski definition) is 5. The second-order valence-electron chi connectivity index (χ2n) is 10.8. The topological polar surface area (TPSA) is 107 Å². The molecule has 8 unspecified atom stereocenters. The van der Waals surface area contributed by atoms with E-state index in [4.69, 9.17) is 0 Å². The quantitative estimate of drug-likeness (QED) is 0.560. The number of aliphatic hydroxyl groups is 3. The zero-order valence-electron chi connectivity index (χ0n) is 20.1. The van der Waals surface area contributed by atoms with Crippen LogP contribution in [-0.2, 0) is 22.4 Å². The lowest BCUT2D eigenvalue weighted by atomic mass is 9.54. The predicted molar refractivity (Wildman–Crippen MR) is 127 cm³/mol. The average Bonchev–Trinajstić information content (AvgIpc) is 2.80. The second kappa shape index (κ2) is 7.74. The summed E-state index contributed by atoms with van der Waals surface area (Å²) in [4.78, 5) is 25.7. The fourth-order valence-electron chi connectivity index (χ4n) is 6.76. The molecule has 2 aromatic rings. The summed E-state index contributed by atoms with van der Waals surface area (Å²) >= 11 is 0. The third-order valence-corrected chi connectivity index (χ3v) is 9.14. The molecule has 2 bridgehead atoms. The van der Waals surface area contributed by atoms with Gasteiger partial charge in [-0.2, -0.15) is 0 Å². The van der Waals surface area contributed by atoms with Crippen molar-refractivity contribution in [2.45, 2.75) is 70.3 Å². The Balaban J connectivity index is 1.67. The molecule has 1 amide bonds. The van der Waals surface area contributed by atoms with Crippen molar-refractivity contribution in [3.63, 3.8) is 0 Å². The van der Waals surface area contributed by atoms with Crippen LogP contribution in [0.3, 0.4) is 0 Å². The van der Waals surface area contributed by atoms with E-state index >= 15 is 0 Å². The van der Waals surface area contributed by atoms with Gasteiger partial charge in [0.1, 0.15) is 6.10 Å². The van der Waals surface area contributed by atoms with E-state index in [-0.39, 0.29) is 23.8 Å². The van der Waals surface area contributed by atoms with E-state index in [9.17, 15) is 24.9 Å². The number of rotatable bonds is 3. The van der Waals surface area contributed by atoms with Gasteiger partial charge in [0, 0.05) is 12.0 Å². The van der Waals surface area contributed by atoms with Crippen LogP contribution in [0.1, 0.15) is 73.6 Å². The first kappa shape index (κ1) is 23.2. The Bertz CT molecular complexity index is 1160. The standard InChI is InChI=1S/C28H33NO5/c1-14-10-18-12-21-20(13-19(18)25(32)28(14,34)16(3)30)23-15(2)27(4,24(21)31)26(33)29-22(23)11-17-8-6-5-7-9-17/h5-9,12-15,22-25,31-32,34H,10-11H2,1-4H3,(H,29,33). The molecule has 2 aliphatic carbocycles. The molecular weight excluding hydrogens is 430 g/mol. The number of piperidine rings is 1. The molecule has 6 heteroatoms. The summed E-state index contributed by atoms with van der Waals surface area (Å²) < 4.78 is 0. The SMILES string of the molecule is CC(=O)C1(O)C(C)Cc2cc3c(cc2C1O)C1C(Cc2ccccc2)NC(=O)C(C)(C3O)C1C. The monoisotopic (exact) mass is 463 g/mol. The van der Waals surface area contributed by atoms with Crippen molar-refractivity contribution in [2.24, 2.45) is 17.3 Å². The molecule has 4 N–H and O–H groups in total. The Morgan fingerprint density at radius 1 is 1.06 bits per heavy atom. The predicted octanol–water partition coefficient (Wildman–Crippen LogP) is 2.75. The third-order valence-electron chi connectivity index (χ3n) is 9.14. The third kappa shape index (κ3) is 2.98. The second-order valence-corrected chi connectivity index (χ2v) is 10.8. The molecule has 0 spiro atoms. The number of ketones is 1. The van der Waals surface area contributed by atoms with Crippen molar-refractivity contribution in [1.29, 1.82) is 0 Å². The van der Waals surface area contributed by atoms with E-state index in [0.717, 1.165) is 16.7 Å². The number of nitrogens with one attached hydrogen (secondary N) is 1. The minimum absolute atomic E-state index is 0.0939. The zero-order valence-corrected chi connectivity index (χ0v) is 20.1. The highest BCUT2D eigenvalue weighted by molar-refractivity contribution is 5.87. The largest absolute Gasteiger partial charge is 0.387 e. The highest BCUT2D eigenvalue weighted by Gasteiger charge is 2.59. The highest BCUT2D eigenvalue weighted by Crippen LogP contribution is 2.58. The number of carbonyl (C=O) groups is 2. The number of carbonyl (C=O) groups excluding carboxylic acids is 2. The van der Waals surface area contributed by atoms with Crippen LogP contribution in [0.5, 0.6) is 0 Å². The number of amides is 1. The molecule has 3 aliphatic rings. The Labute approximate surface area is 200 Å². The minimum Gasteiger partial charge on any atom is -0.387 e. The maximum Gasteiger partial charge on any atom is 0.229 e. The number of fused-ring (bicyclic) bond motifs is 5. The zero-order chi connectivity index (χ0) is 24.6. The van der Waals surface area contributed by atoms with Crippen LogP contribution in [0.4, 0.5) is 0 Å². The van der Waals surface area contributed by atoms with Gasteiger partial charge in [-0.15, -0.1) is 0 Å². The summed E-state index contributed by atoms with van der Waals surface area (Å²) in [5, 5.41) is 36.9. The van der Waals surface area contributed by atoms with Gasteiger partial charge in [-0.3, -0.25) is 9.59 Å². The van der Waals surface area contributed by atoms with Crippen molar-refractivity contribution in [1.82, 2.24) is 5.32 Å². The first-order valence-electron chi connectivity index (χ1n) is 12.1. The van der Waals surface area contributed by atoms with Crippen LogP contribution in [0, 0.1) is 17.3 Å². The van der Waals surface area contributed by atoms with Gasteiger partial charge < -0.3 is 20.6 Å². The molecule has 180 valence electrons. The van der Waals surface area contributed by atoms with E-state index in [1.165, 1.54) is 6.92 Å². The first-order chi connectivity index (χ1) is 16.0. The van der Waals surface area contributed by atoms with E-state index in [1.54, 1.807) is 6.92 Å². The van der Waals surface area contributed by atoms with Gasteiger partial charge in [0.25, 0.3) is 0 Å². The molecule has 8 atom stereocenters. The fraction of sp³-hybridized carbons (Fsp3) is 0.500. The summed E-state index contributed by atoms with van der Waals surface area (Å²) in [7, 11) is 0. The summed E-state index contributed by atoms with van der Waals surface area (Å²) in [5.74, 6) is -1.32. The molecule has 0 radical (unpaired) electrons. The summed E-state index contributed by atoms with van der Waals surface area (Å²) in [6.45, 7) is 6.91. The molecular formula is C28H33NO5. The van der Waals surface area contributed by atoms with Crippen molar-refractivity contribution in [3.8, 4) is 0 Å². The first-order valence-corrected chi connectivity index (χ1v) is 12.1. The van der Waals surface area contributed by atoms with Crippen molar-refractivity contribution in [2.75, 3.05) is 0 Å². The average molecular weight is 464 g/mol. The summed E-state index contributed by atoms with van der Waals surface area (Å²) in [6, 6.07) is 13.6. The molecule has 1 fully saturated rings. The Morgan fingerprint density at radius 3 is 2.38 bits per heavy atom. The molecule has 1 heterocycles. The van der Waals surface area contributed by atoms with E-state index in [0.29, 0.717) is 24.0 Å². The highest BCUT2D eigenvalue weighted by atomic mass is 16.4. The van der Waals surface area contributed by atoms with Crippen LogP contribution < -0.4 is 5.32 Å². The lowest BCUT2D eigenvalue weighted by Crippen LogP contribution is -2.62. The molecule has 0 aromatic heterocycles. The number of hydrogen-bond donors (Lipinski definition) is 4. The minimum atomic E-state index is -1.85. The number of benzene rings is 2. The van der Waals surface area contributed by atoms with Crippen LogP contribution in [0.15, 0.2) is 42.5 Å². The van der Waals surface area contributed by atoms with Gasteiger partial charge in [-0.25, -0.2) is 0 Å². The maximum absolute atomic E-state index is 13.3. The normalized spacial score (nSPS) is 38.5. The molecule has 5 rings (SSSR count). The number of aliphatic hydroxyl groups excluding tert-OH is 2. The van der Waals surface area contributed by atoms with Gasteiger partial charge in [-0.05, 0) is 66.3 Å². The molecule has 1 aliphatic heterocycles. The van der Waals surface area contributed by atoms with E-state index in [1.807, 2.05) is 56.3 Å². The Hall–Kier alpha value is -2.54. The van der Waals surface area contributed by atoms with Crippen LogP contribution in [0.2, 0.25) is 0 Å². The lowest BCUT2D eigenvalue weighted by molar-refractivity contribution is -0.161. The van der Waals surface area contributed by atoms with E-state index in [2.05, 4.69) is 5.32 Å². The van der Waals surface area contributed by atoms with Crippen LogP contribution in [0.25, 0.3) is 0 Å². The van der Waals surface area contributed by atoms with Crippen LogP contribution >= 0.6 is 0 Å². The van der Waals surface area contributed by atoms with Crippen molar-refractivity contribution >= 4 is 11.7 Å². The Kier molecular flexibility index (Phi) is 5.28. The fourth-order valence-corrected chi connectivity index (χ4v) is 6.76. The maximum atomic E-state index is 13.3. The van der Waals surface area contributed by atoms with Crippen molar-refractivity contribution < 1.29 is 24.9 Å². The van der Waals surface area contributed by atoms with Gasteiger partial charge in [0.2, 0.25) is 5.91 Å². The summed E-state index contributed by atoms with van der Waals surface area (Å²) in [6.07, 6.45) is -1.29. The van der Waals surface area contributed by atoms with Gasteiger partial charge in [0.05, 0.1) is 11.5 Å². The van der Waals surface area contributed by atoms with E-state index < -0.39 is 34.9 Å². The lowest BCUT2D eigenvalue weighted by Gasteiger charge is -2.54. The smallest absolute Gasteiger partial charge is 0.229 e. The Morgan fingerprint density at radius 2 is 1.74 bits per heavy atom. The summed E-state index contributed by atoms with van der Waals surface area (Å²) in [5.41, 5.74) is 1.21. The van der Waals surface area contributed by atoms with Gasteiger partial charge in [0.15, 0.2) is 11.4 Å².